The first-order chi connectivity index (χ1) is 9.74. The van der Waals surface area contributed by atoms with Crippen LogP contribution >= 0.6 is 12.4 Å². The van der Waals surface area contributed by atoms with Crippen molar-refractivity contribution in [3.8, 4) is 0 Å². The van der Waals surface area contributed by atoms with Gasteiger partial charge < -0.3 is 14.6 Å². The largest absolute Gasteiger partial charge is 0.459 e. The SMILES string of the molecule is CN(Cc1cc2ccccc2o1)C(=O)C1CCNCC1.Cl. The molecule has 0 unspecified atom stereocenters. The van der Waals surface area contributed by atoms with E-state index in [1.54, 1.807) is 4.90 Å². The molecule has 2 heterocycles. The fourth-order valence-electron chi connectivity index (χ4n) is 2.81. The Bertz CT molecular complexity index is 572. The Balaban J connectivity index is 0.00000161. The molecular weight excluding hydrogens is 288 g/mol. The van der Waals surface area contributed by atoms with Crippen LogP contribution in [-0.2, 0) is 11.3 Å². The molecule has 0 bridgehead atoms. The third-order valence-corrected chi connectivity index (χ3v) is 3.93. The highest BCUT2D eigenvalue weighted by molar-refractivity contribution is 5.85. The van der Waals surface area contributed by atoms with Crippen molar-refractivity contribution in [2.24, 2.45) is 5.92 Å². The summed E-state index contributed by atoms with van der Waals surface area (Å²) in [4.78, 5) is 14.2. The summed E-state index contributed by atoms with van der Waals surface area (Å²) in [6, 6.07) is 9.94. The number of carbonyl (C=O) groups is 1. The van der Waals surface area contributed by atoms with Crippen LogP contribution in [0, 0.1) is 5.92 Å². The average molecular weight is 309 g/mol. The molecule has 114 valence electrons. The molecule has 3 rings (SSSR count). The number of hydrogen-bond donors (Lipinski definition) is 1. The lowest BCUT2D eigenvalue weighted by Crippen LogP contribution is -2.38. The third kappa shape index (κ3) is 3.57. The second-order valence-electron chi connectivity index (χ2n) is 5.47. The maximum atomic E-state index is 12.4. The van der Waals surface area contributed by atoms with Crippen LogP contribution < -0.4 is 5.32 Å². The van der Waals surface area contributed by atoms with Gasteiger partial charge in [0.05, 0.1) is 6.54 Å². The van der Waals surface area contributed by atoms with Crippen LogP contribution in [0.2, 0.25) is 0 Å². The van der Waals surface area contributed by atoms with E-state index in [1.165, 1.54) is 0 Å². The van der Waals surface area contributed by atoms with Crippen LogP contribution in [0.4, 0.5) is 0 Å². The summed E-state index contributed by atoms with van der Waals surface area (Å²) in [7, 11) is 1.86. The van der Waals surface area contributed by atoms with Crippen molar-refractivity contribution in [2.75, 3.05) is 20.1 Å². The second-order valence-corrected chi connectivity index (χ2v) is 5.47. The van der Waals surface area contributed by atoms with Crippen LogP contribution in [0.5, 0.6) is 0 Å². The van der Waals surface area contributed by atoms with Crippen LogP contribution in [0.1, 0.15) is 18.6 Å². The van der Waals surface area contributed by atoms with Crippen molar-refractivity contribution in [2.45, 2.75) is 19.4 Å². The number of benzene rings is 1. The third-order valence-electron chi connectivity index (χ3n) is 3.93. The van der Waals surface area contributed by atoms with Gasteiger partial charge in [-0.15, -0.1) is 12.4 Å². The lowest BCUT2D eigenvalue weighted by Gasteiger charge is -2.26. The summed E-state index contributed by atoms with van der Waals surface area (Å²) in [5, 5.41) is 4.37. The predicted molar refractivity (Wildman–Crippen MR) is 85.5 cm³/mol. The highest BCUT2D eigenvalue weighted by Gasteiger charge is 2.24. The lowest BCUT2D eigenvalue weighted by atomic mass is 9.97. The molecular formula is C16H21ClN2O2. The maximum absolute atomic E-state index is 12.4. The van der Waals surface area contributed by atoms with E-state index < -0.39 is 0 Å². The smallest absolute Gasteiger partial charge is 0.225 e. The fraction of sp³-hybridized carbons (Fsp3) is 0.438. The molecule has 0 atom stereocenters. The molecule has 5 heteroatoms. The van der Waals surface area contributed by atoms with Gasteiger partial charge in [-0.25, -0.2) is 0 Å². The summed E-state index contributed by atoms with van der Waals surface area (Å²) in [5.41, 5.74) is 0.880. The number of hydrogen-bond acceptors (Lipinski definition) is 3. The minimum atomic E-state index is 0. The molecule has 2 aromatic rings. The fourth-order valence-corrected chi connectivity index (χ4v) is 2.81. The van der Waals surface area contributed by atoms with E-state index in [4.69, 9.17) is 4.42 Å². The Kier molecular flexibility index (Phi) is 5.26. The molecule has 0 radical (unpaired) electrons. The minimum absolute atomic E-state index is 0. The van der Waals surface area contributed by atoms with Gasteiger partial charge in [0.15, 0.2) is 0 Å². The molecule has 0 saturated carbocycles. The molecule has 21 heavy (non-hydrogen) atoms. The first-order valence-electron chi connectivity index (χ1n) is 7.17. The van der Waals surface area contributed by atoms with Gasteiger partial charge >= 0.3 is 0 Å². The number of piperidine rings is 1. The zero-order valence-corrected chi connectivity index (χ0v) is 13.0. The number of para-hydroxylation sites is 1. The maximum Gasteiger partial charge on any atom is 0.225 e. The Hall–Kier alpha value is -1.52. The van der Waals surface area contributed by atoms with E-state index >= 15 is 0 Å². The normalized spacial score (nSPS) is 15.7. The van der Waals surface area contributed by atoms with Crippen molar-refractivity contribution in [1.82, 2.24) is 10.2 Å². The van der Waals surface area contributed by atoms with Gasteiger partial charge in [-0.1, -0.05) is 18.2 Å². The van der Waals surface area contributed by atoms with Crippen LogP contribution in [0.25, 0.3) is 11.0 Å². The van der Waals surface area contributed by atoms with Crippen LogP contribution in [-0.4, -0.2) is 30.9 Å². The Morgan fingerprint density at radius 2 is 2.05 bits per heavy atom. The number of rotatable bonds is 3. The number of amides is 1. The van der Waals surface area contributed by atoms with Crippen molar-refractivity contribution in [3.05, 3.63) is 36.1 Å². The summed E-state index contributed by atoms with van der Waals surface area (Å²) >= 11 is 0. The molecule has 4 nitrogen and oxygen atoms in total. The topological polar surface area (TPSA) is 45.5 Å². The number of nitrogens with one attached hydrogen (secondary N) is 1. The average Bonchev–Trinajstić information content (AvgIpc) is 2.89. The Morgan fingerprint density at radius 1 is 1.33 bits per heavy atom. The van der Waals surface area contributed by atoms with Gasteiger partial charge in [0.1, 0.15) is 11.3 Å². The number of halogens is 1. The lowest BCUT2D eigenvalue weighted by molar-refractivity contribution is -0.135. The highest BCUT2D eigenvalue weighted by Crippen LogP contribution is 2.21. The molecule has 1 aromatic carbocycles. The van der Waals surface area contributed by atoms with Crippen molar-refractivity contribution < 1.29 is 9.21 Å². The summed E-state index contributed by atoms with van der Waals surface area (Å²) in [5.74, 6) is 1.23. The van der Waals surface area contributed by atoms with E-state index in [2.05, 4.69) is 5.32 Å². The molecule has 1 aliphatic heterocycles. The molecule has 1 aliphatic rings. The molecule has 0 spiro atoms. The summed E-state index contributed by atoms with van der Waals surface area (Å²) in [6.07, 6.45) is 1.87. The van der Waals surface area contributed by atoms with Gasteiger partial charge in [-0.2, -0.15) is 0 Å². The van der Waals surface area contributed by atoms with Crippen molar-refractivity contribution in [3.63, 3.8) is 0 Å². The number of furan rings is 1. The van der Waals surface area contributed by atoms with E-state index in [-0.39, 0.29) is 24.2 Å². The highest BCUT2D eigenvalue weighted by atomic mass is 35.5. The number of nitrogens with zero attached hydrogens (tertiary/aromatic N) is 1. The molecule has 1 aromatic heterocycles. The first kappa shape index (κ1) is 15.9. The van der Waals surface area contributed by atoms with E-state index in [1.807, 2.05) is 37.4 Å². The van der Waals surface area contributed by atoms with Gasteiger partial charge in [0, 0.05) is 18.4 Å². The van der Waals surface area contributed by atoms with E-state index in [9.17, 15) is 4.79 Å². The van der Waals surface area contributed by atoms with Crippen LogP contribution in [0.3, 0.4) is 0 Å². The minimum Gasteiger partial charge on any atom is -0.459 e. The van der Waals surface area contributed by atoms with E-state index in [0.717, 1.165) is 42.7 Å². The quantitative estimate of drug-likeness (QED) is 0.948. The molecule has 1 N–H and O–H groups in total. The van der Waals surface area contributed by atoms with E-state index in [0.29, 0.717) is 6.54 Å². The predicted octanol–water partition coefficient (Wildman–Crippen LogP) is 2.81. The standard InChI is InChI=1S/C16H20N2O2.ClH/c1-18(16(19)12-6-8-17-9-7-12)11-14-10-13-4-2-3-5-15(13)20-14;/h2-5,10,12,17H,6-9,11H2,1H3;1H. The Labute approximate surface area is 130 Å². The molecule has 0 aliphatic carbocycles. The molecule has 1 fully saturated rings. The molecule has 1 saturated heterocycles. The van der Waals surface area contributed by atoms with Gasteiger partial charge in [-0.3, -0.25) is 4.79 Å². The summed E-state index contributed by atoms with van der Waals surface area (Å²) in [6.45, 7) is 2.42. The van der Waals surface area contributed by atoms with Crippen molar-refractivity contribution in [1.29, 1.82) is 0 Å². The van der Waals surface area contributed by atoms with Gasteiger partial charge in [-0.05, 0) is 38.1 Å². The monoisotopic (exact) mass is 308 g/mol. The second kappa shape index (κ2) is 6.96. The number of carbonyl (C=O) groups excluding carboxylic acids is 1. The van der Waals surface area contributed by atoms with Crippen molar-refractivity contribution >= 4 is 29.3 Å². The first-order valence-corrected chi connectivity index (χ1v) is 7.17. The zero-order chi connectivity index (χ0) is 13.9. The van der Waals surface area contributed by atoms with Crippen LogP contribution in [0.15, 0.2) is 34.7 Å². The summed E-state index contributed by atoms with van der Waals surface area (Å²) < 4.78 is 5.77. The zero-order valence-electron chi connectivity index (χ0n) is 12.2. The van der Waals surface area contributed by atoms with Gasteiger partial charge in [0.2, 0.25) is 5.91 Å². The number of fused-ring (bicyclic) bond motifs is 1. The van der Waals surface area contributed by atoms with Gasteiger partial charge in [0.25, 0.3) is 0 Å². The Morgan fingerprint density at radius 3 is 2.76 bits per heavy atom. The molecule has 1 amide bonds.